The van der Waals surface area contributed by atoms with E-state index < -0.39 is 27.9 Å². The van der Waals surface area contributed by atoms with Gasteiger partial charge in [-0.2, -0.15) is 0 Å². The van der Waals surface area contributed by atoms with Crippen LogP contribution in [0.3, 0.4) is 0 Å². The van der Waals surface area contributed by atoms with Crippen molar-refractivity contribution in [1.29, 1.82) is 0 Å². The van der Waals surface area contributed by atoms with E-state index in [0.29, 0.717) is 23.1 Å². The van der Waals surface area contributed by atoms with Gasteiger partial charge in [-0.1, -0.05) is 29.8 Å². The molecule has 0 radical (unpaired) electrons. The lowest BCUT2D eigenvalue weighted by Crippen LogP contribution is -2.32. The molecule has 0 spiro atoms. The van der Waals surface area contributed by atoms with Crippen LogP contribution in [-0.2, 0) is 20.5 Å². The van der Waals surface area contributed by atoms with Crippen molar-refractivity contribution in [3.63, 3.8) is 0 Å². The minimum Gasteiger partial charge on any atom is -0.465 e. The normalized spacial score (nSPS) is 15.7. The first kappa shape index (κ1) is 23.7. The molecule has 0 amide bonds. The number of nitrogens with zero attached hydrogens (tertiary/aromatic N) is 1. The van der Waals surface area contributed by atoms with Crippen LogP contribution >= 0.6 is 11.6 Å². The summed E-state index contributed by atoms with van der Waals surface area (Å²) in [6.07, 6.45) is 2.82. The van der Waals surface area contributed by atoms with Crippen molar-refractivity contribution in [3.05, 3.63) is 70.0 Å². The quantitative estimate of drug-likeness (QED) is 0.565. The highest BCUT2D eigenvalue weighted by Gasteiger charge is 2.23. The zero-order valence-corrected chi connectivity index (χ0v) is 18.9. The lowest BCUT2D eigenvalue weighted by Gasteiger charge is -2.23. The van der Waals surface area contributed by atoms with Crippen molar-refractivity contribution < 1.29 is 22.3 Å². The number of methoxy groups -OCH3 is 1. The van der Waals surface area contributed by atoms with Crippen LogP contribution in [0.25, 0.3) is 0 Å². The summed E-state index contributed by atoms with van der Waals surface area (Å²) in [5.74, 6) is -1.27. The average molecular weight is 469 g/mol. The largest absolute Gasteiger partial charge is 0.465 e. The summed E-state index contributed by atoms with van der Waals surface area (Å²) < 4.78 is 46.8. The van der Waals surface area contributed by atoms with Gasteiger partial charge >= 0.3 is 5.97 Å². The fraction of sp³-hybridized carbons (Fsp3) is 0.409. The molecule has 0 bridgehead atoms. The van der Waals surface area contributed by atoms with Gasteiger partial charge in [0, 0.05) is 6.04 Å². The average Bonchev–Trinajstić information content (AvgIpc) is 3.26. The van der Waals surface area contributed by atoms with Crippen LogP contribution in [-0.4, -0.2) is 46.0 Å². The van der Waals surface area contributed by atoms with Crippen molar-refractivity contribution in [3.8, 4) is 0 Å². The van der Waals surface area contributed by atoms with Crippen molar-refractivity contribution in [2.75, 3.05) is 26.7 Å². The third kappa shape index (κ3) is 6.74. The smallest absolute Gasteiger partial charge is 0.337 e. The van der Waals surface area contributed by atoms with Crippen molar-refractivity contribution in [1.82, 2.24) is 9.62 Å². The SMILES string of the molecule is COC(=O)c1ccc(CS(=O)(=O)NC(CCN2CCCC2)c2ccc(F)c(Cl)c2)cc1. The van der Waals surface area contributed by atoms with E-state index in [1.807, 2.05) is 0 Å². The Morgan fingerprint density at radius 1 is 1.19 bits per heavy atom. The number of ether oxygens (including phenoxy) is 1. The molecule has 3 rings (SSSR count). The first-order valence-corrected chi connectivity index (χ1v) is 12.1. The highest BCUT2D eigenvalue weighted by atomic mass is 35.5. The summed E-state index contributed by atoms with van der Waals surface area (Å²) in [7, 11) is -2.42. The second kappa shape index (κ2) is 10.5. The molecular weight excluding hydrogens is 443 g/mol. The number of halogens is 2. The Morgan fingerprint density at radius 2 is 1.87 bits per heavy atom. The third-order valence-electron chi connectivity index (χ3n) is 5.33. The highest BCUT2D eigenvalue weighted by molar-refractivity contribution is 7.88. The molecule has 168 valence electrons. The zero-order chi connectivity index (χ0) is 22.4. The standard InChI is InChI=1S/C22H26ClFN2O4S/c1-30-22(27)17-6-4-16(5-7-17)15-31(28,29)25-21(10-13-26-11-2-3-12-26)18-8-9-20(24)19(23)14-18/h4-9,14,21,25H,2-3,10-13,15H2,1H3. The maximum Gasteiger partial charge on any atom is 0.337 e. The first-order chi connectivity index (χ1) is 14.8. The monoisotopic (exact) mass is 468 g/mol. The van der Waals surface area contributed by atoms with E-state index in [-0.39, 0.29) is 10.8 Å². The molecule has 0 aliphatic carbocycles. The lowest BCUT2D eigenvalue weighted by atomic mass is 10.0. The second-order valence-corrected chi connectivity index (χ2v) is 9.79. The van der Waals surface area contributed by atoms with E-state index in [1.54, 1.807) is 18.2 Å². The van der Waals surface area contributed by atoms with Gasteiger partial charge in [0.2, 0.25) is 10.0 Å². The number of carbonyl (C=O) groups is 1. The molecule has 0 aromatic heterocycles. The van der Waals surface area contributed by atoms with Crippen LogP contribution < -0.4 is 4.72 Å². The maximum atomic E-state index is 13.6. The Balaban J connectivity index is 1.74. The zero-order valence-electron chi connectivity index (χ0n) is 17.3. The minimum absolute atomic E-state index is 0.0405. The van der Waals surface area contributed by atoms with Crippen LogP contribution in [0.4, 0.5) is 4.39 Å². The van der Waals surface area contributed by atoms with Gasteiger partial charge in [-0.25, -0.2) is 22.3 Å². The lowest BCUT2D eigenvalue weighted by molar-refractivity contribution is 0.0600. The van der Waals surface area contributed by atoms with Gasteiger partial charge in [0.05, 0.1) is 23.4 Å². The van der Waals surface area contributed by atoms with Crippen molar-refractivity contribution in [2.24, 2.45) is 0 Å². The van der Waals surface area contributed by atoms with Crippen LogP contribution in [0.2, 0.25) is 5.02 Å². The Morgan fingerprint density at radius 3 is 2.48 bits per heavy atom. The van der Waals surface area contributed by atoms with E-state index >= 15 is 0 Å². The number of likely N-dealkylation sites (tertiary alicyclic amines) is 1. The van der Waals surface area contributed by atoms with Crippen molar-refractivity contribution >= 4 is 27.6 Å². The van der Waals surface area contributed by atoms with Gasteiger partial charge in [0.25, 0.3) is 0 Å². The topological polar surface area (TPSA) is 75.7 Å². The number of benzene rings is 2. The molecule has 1 saturated heterocycles. The molecule has 0 saturated carbocycles. The van der Waals surface area contributed by atoms with E-state index in [2.05, 4.69) is 14.4 Å². The molecule has 1 heterocycles. The summed E-state index contributed by atoms with van der Waals surface area (Å²) in [5.41, 5.74) is 1.51. The molecule has 1 unspecified atom stereocenters. The molecule has 1 aliphatic rings. The molecule has 9 heteroatoms. The summed E-state index contributed by atoms with van der Waals surface area (Å²) >= 11 is 5.94. The molecule has 31 heavy (non-hydrogen) atoms. The van der Waals surface area contributed by atoms with Gasteiger partial charge < -0.3 is 9.64 Å². The van der Waals surface area contributed by atoms with Crippen LogP contribution in [0, 0.1) is 5.82 Å². The number of sulfonamides is 1. The molecule has 1 N–H and O–H groups in total. The molecule has 1 fully saturated rings. The summed E-state index contributed by atoms with van der Waals surface area (Å²) in [6.45, 7) is 2.72. The summed E-state index contributed by atoms with van der Waals surface area (Å²) in [6, 6.07) is 9.98. The maximum absolute atomic E-state index is 13.6. The van der Waals surface area contributed by atoms with E-state index in [0.717, 1.165) is 32.5 Å². The Kier molecular flexibility index (Phi) is 8.05. The van der Waals surface area contributed by atoms with Gasteiger partial charge in [-0.3, -0.25) is 0 Å². The van der Waals surface area contributed by atoms with Crippen LogP contribution in [0.5, 0.6) is 0 Å². The third-order valence-corrected chi connectivity index (χ3v) is 6.98. The van der Waals surface area contributed by atoms with Gasteiger partial charge in [-0.15, -0.1) is 0 Å². The molecule has 2 aromatic rings. The molecule has 2 aromatic carbocycles. The Labute approximate surface area is 187 Å². The number of hydrogen-bond acceptors (Lipinski definition) is 5. The minimum atomic E-state index is -3.71. The van der Waals surface area contributed by atoms with Gasteiger partial charge in [0.1, 0.15) is 5.82 Å². The number of carbonyl (C=O) groups excluding carboxylic acids is 1. The first-order valence-electron chi connectivity index (χ1n) is 10.1. The molecule has 1 aliphatic heterocycles. The fourth-order valence-electron chi connectivity index (χ4n) is 3.67. The summed E-state index contributed by atoms with van der Waals surface area (Å²) in [5, 5.41) is -0.0405. The summed E-state index contributed by atoms with van der Waals surface area (Å²) in [4.78, 5) is 13.8. The van der Waals surface area contributed by atoms with E-state index in [4.69, 9.17) is 11.6 Å². The highest BCUT2D eigenvalue weighted by Crippen LogP contribution is 2.25. The predicted molar refractivity (Wildman–Crippen MR) is 118 cm³/mol. The molecular formula is C22H26ClFN2O4S. The number of nitrogens with one attached hydrogen (secondary N) is 1. The number of hydrogen-bond donors (Lipinski definition) is 1. The van der Waals surface area contributed by atoms with Crippen LogP contribution in [0.15, 0.2) is 42.5 Å². The van der Waals surface area contributed by atoms with Gasteiger partial charge in [-0.05, 0) is 74.3 Å². The fourth-order valence-corrected chi connectivity index (χ4v) is 5.26. The van der Waals surface area contributed by atoms with Crippen molar-refractivity contribution in [2.45, 2.75) is 31.1 Å². The Hall–Kier alpha value is -2.00. The predicted octanol–water partition coefficient (Wildman–Crippen LogP) is 3.91. The van der Waals surface area contributed by atoms with Crippen LogP contribution in [0.1, 0.15) is 46.8 Å². The second-order valence-electron chi connectivity index (χ2n) is 7.63. The number of rotatable bonds is 9. The Bertz CT molecular complexity index is 1010. The molecule has 6 nitrogen and oxygen atoms in total. The van der Waals surface area contributed by atoms with E-state index in [1.165, 1.54) is 31.4 Å². The molecule has 1 atom stereocenters. The van der Waals surface area contributed by atoms with Gasteiger partial charge in [0.15, 0.2) is 0 Å². The number of esters is 1. The van der Waals surface area contributed by atoms with E-state index in [9.17, 15) is 17.6 Å².